The number of carbonyl (C=O) groups excluding carboxylic acids is 1. The van der Waals surface area contributed by atoms with E-state index in [1.807, 2.05) is 27.7 Å². The number of rotatable bonds is 2. The van der Waals surface area contributed by atoms with Crippen molar-refractivity contribution in [1.82, 2.24) is 4.90 Å². The summed E-state index contributed by atoms with van der Waals surface area (Å²) in [6.07, 6.45) is 0.624. The number of hydrogen-bond donors (Lipinski definition) is 1. The average Bonchev–Trinajstić information content (AvgIpc) is 2.12. The zero-order valence-electron chi connectivity index (χ0n) is 11.6. The second-order valence-electron chi connectivity index (χ2n) is 6.19. The number of carbonyl (C=O) groups is 2. The van der Waals surface area contributed by atoms with Crippen LogP contribution in [0.5, 0.6) is 0 Å². The maximum absolute atomic E-state index is 11.9. The molecule has 0 radical (unpaired) electrons. The van der Waals surface area contributed by atoms with E-state index in [-0.39, 0.29) is 18.4 Å². The molecule has 1 aliphatic rings. The fraction of sp³-hybridized carbons (Fsp3) is 0.846. The number of nitrogens with zero attached hydrogens (tertiary/aromatic N) is 1. The summed E-state index contributed by atoms with van der Waals surface area (Å²) in [5, 5.41) is 8.83. The number of piperidine rings is 1. The molecule has 5 heteroatoms. The molecule has 0 bridgehead atoms. The highest BCUT2D eigenvalue weighted by Gasteiger charge is 2.31. The number of carboxylic acids is 1. The van der Waals surface area contributed by atoms with E-state index in [4.69, 9.17) is 9.84 Å². The van der Waals surface area contributed by atoms with E-state index in [1.165, 1.54) is 0 Å². The van der Waals surface area contributed by atoms with E-state index in [2.05, 4.69) is 0 Å². The predicted molar refractivity (Wildman–Crippen MR) is 67.3 cm³/mol. The Morgan fingerprint density at radius 1 is 1.33 bits per heavy atom. The first-order valence-electron chi connectivity index (χ1n) is 6.37. The van der Waals surface area contributed by atoms with Crippen LogP contribution in [0.2, 0.25) is 0 Å². The molecule has 1 fully saturated rings. The van der Waals surface area contributed by atoms with Crippen LogP contribution in [0.4, 0.5) is 4.79 Å². The van der Waals surface area contributed by atoms with Gasteiger partial charge in [-0.1, -0.05) is 6.92 Å². The Balaban J connectivity index is 2.60. The van der Waals surface area contributed by atoms with Crippen LogP contribution in [0.15, 0.2) is 0 Å². The van der Waals surface area contributed by atoms with Crippen molar-refractivity contribution in [3.8, 4) is 0 Å². The van der Waals surface area contributed by atoms with Gasteiger partial charge in [0.25, 0.3) is 0 Å². The van der Waals surface area contributed by atoms with Crippen molar-refractivity contribution in [2.45, 2.75) is 46.1 Å². The molecule has 0 aliphatic carbocycles. The van der Waals surface area contributed by atoms with Gasteiger partial charge in [-0.25, -0.2) is 4.79 Å². The number of carboxylic acid groups (broad SMARTS) is 1. The molecule has 1 amide bonds. The number of hydrogen-bond acceptors (Lipinski definition) is 3. The van der Waals surface area contributed by atoms with E-state index in [0.29, 0.717) is 19.0 Å². The summed E-state index contributed by atoms with van der Waals surface area (Å²) in [5.41, 5.74) is -0.514. The van der Waals surface area contributed by atoms with Crippen LogP contribution in [0.3, 0.4) is 0 Å². The zero-order valence-corrected chi connectivity index (χ0v) is 11.6. The van der Waals surface area contributed by atoms with Gasteiger partial charge >= 0.3 is 12.1 Å². The molecule has 0 spiro atoms. The largest absolute Gasteiger partial charge is 0.481 e. The van der Waals surface area contributed by atoms with Crippen molar-refractivity contribution in [3.05, 3.63) is 0 Å². The minimum atomic E-state index is -0.807. The van der Waals surface area contributed by atoms with Crippen molar-refractivity contribution in [1.29, 1.82) is 0 Å². The lowest BCUT2D eigenvalue weighted by atomic mass is 9.88. The van der Waals surface area contributed by atoms with Crippen LogP contribution in [0.1, 0.15) is 40.5 Å². The first-order valence-corrected chi connectivity index (χ1v) is 6.37. The quantitative estimate of drug-likeness (QED) is 0.824. The van der Waals surface area contributed by atoms with Crippen LogP contribution in [0, 0.1) is 11.8 Å². The Labute approximate surface area is 108 Å². The molecule has 0 saturated carbocycles. The maximum Gasteiger partial charge on any atom is 0.410 e. The average molecular weight is 257 g/mol. The van der Waals surface area contributed by atoms with Crippen LogP contribution in [-0.4, -0.2) is 40.8 Å². The van der Waals surface area contributed by atoms with Gasteiger partial charge in [-0.2, -0.15) is 0 Å². The molecule has 1 rings (SSSR count). The number of ether oxygens (including phenoxy) is 1. The molecule has 0 aromatic carbocycles. The summed E-state index contributed by atoms with van der Waals surface area (Å²) in [6, 6.07) is 0. The highest BCUT2D eigenvalue weighted by Crippen LogP contribution is 2.25. The molecule has 1 heterocycles. The third-order valence-corrected chi connectivity index (χ3v) is 2.86. The van der Waals surface area contributed by atoms with Gasteiger partial charge in [0.2, 0.25) is 0 Å². The van der Waals surface area contributed by atoms with Crippen LogP contribution >= 0.6 is 0 Å². The fourth-order valence-electron chi connectivity index (χ4n) is 2.35. The topological polar surface area (TPSA) is 66.8 Å². The molecular weight excluding hydrogens is 234 g/mol. The molecule has 2 atom stereocenters. The van der Waals surface area contributed by atoms with Crippen molar-refractivity contribution < 1.29 is 19.4 Å². The molecule has 1 saturated heterocycles. The van der Waals surface area contributed by atoms with Gasteiger partial charge in [-0.05, 0) is 39.0 Å². The highest BCUT2D eigenvalue weighted by atomic mass is 16.6. The summed E-state index contributed by atoms with van der Waals surface area (Å²) >= 11 is 0. The number of aliphatic carboxylic acids is 1. The zero-order chi connectivity index (χ0) is 13.9. The van der Waals surface area contributed by atoms with Crippen LogP contribution in [0.25, 0.3) is 0 Å². The Morgan fingerprint density at radius 2 is 1.94 bits per heavy atom. The molecule has 1 N–H and O–H groups in total. The fourth-order valence-corrected chi connectivity index (χ4v) is 2.35. The summed E-state index contributed by atoms with van der Waals surface area (Å²) in [7, 11) is 0. The van der Waals surface area contributed by atoms with Crippen molar-refractivity contribution >= 4 is 12.1 Å². The minimum Gasteiger partial charge on any atom is -0.481 e. The lowest BCUT2D eigenvalue weighted by molar-refractivity contribution is -0.138. The van der Waals surface area contributed by atoms with E-state index in [1.54, 1.807) is 4.90 Å². The third kappa shape index (κ3) is 4.94. The normalized spacial score (nSPS) is 24.8. The van der Waals surface area contributed by atoms with Gasteiger partial charge in [-0.15, -0.1) is 0 Å². The lowest BCUT2D eigenvalue weighted by Crippen LogP contribution is -2.46. The van der Waals surface area contributed by atoms with Gasteiger partial charge < -0.3 is 14.7 Å². The van der Waals surface area contributed by atoms with Gasteiger partial charge in [-0.3, -0.25) is 4.79 Å². The predicted octanol–water partition coefficient (Wildman–Crippen LogP) is 2.35. The molecule has 0 aromatic rings. The maximum atomic E-state index is 11.9. The van der Waals surface area contributed by atoms with Gasteiger partial charge in [0.15, 0.2) is 0 Å². The standard InChI is InChI=1S/C13H23NO4/c1-9-5-10(6-11(15)16)8-14(7-9)12(17)18-13(2,3)4/h9-10H,5-8H2,1-4H3,(H,15,16). The Kier molecular flexibility index (Phi) is 4.59. The van der Waals surface area contributed by atoms with Crippen LogP contribution < -0.4 is 0 Å². The van der Waals surface area contributed by atoms with Gasteiger partial charge in [0.1, 0.15) is 5.60 Å². The summed E-state index contributed by atoms with van der Waals surface area (Å²) < 4.78 is 5.32. The Hall–Kier alpha value is -1.26. The van der Waals surface area contributed by atoms with Gasteiger partial charge in [0.05, 0.1) is 0 Å². The summed E-state index contributed by atoms with van der Waals surface area (Å²) in [5.74, 6) is -0.465. The van der Waals surface area contributed by atoms with Crippen molar-refractivity contribution in [2.75, 3.05) is 13.1 Å². The molecule has 5 nitrogen and oxygen atoms in total. The third-order valence-electron chi connectivity index (χ3n) is 2.86. The molecule has 104 valence electrons. The highest BCUT2D eigenvalue weighted by molar-refractivity contribution is 5.69. The van der Waals surface area contributed by atoms with E-state index >= 15 is 0 Å². The summed E-state index contributed by atoms with van der Waals surface area (Å²) in [4.78, 5) is 24.3. The second-order valence-corrected chi connectivity index (χ2v) is 6.19. The molecular formula is C13H23NO4. The number of likely N-dealkylation sites (tertiary alicyclic amines) is 1. The SMILES string of the molecule is CC1CC(CC(=O)O)CN(C(=O)OC(C)(C)C)C1. The molecule has 1 aliphatic heterocycles. The smallest absolute Gasteiger partial charge is 0.410 e. The Morgan fingerprint density at radius 3 is 2.44 bits per heavy atom. The molecule has 2 unspecified atom stereocenters. The van der Waals surface area contributed by atoms with E-state index in [0.717, 1.165) is 6.42 Å². The number of amides is 1. The van der Waals surface area contributed by atoms with Crippen molar-refractivity contribution in [2.24, 2.45) is 11.8 Å². The first kappa shape index (κ1) is 14.8. The molecule has 0 aromatic heterocycles. The van der Waals surface area contributed by atoms with Crippen LogP contribution in [-0.2, 0) is 9.53 Å². The van der Waals surface area contributed by atoms with Crippen molar-refractivity contribution in [3.63, 3.8) is 0 Å². The summed E-state index contributed by atoms with van der Waals surface area (Å²) in [6.45, 7) is 8.63. The molecule has 18 heavy (non-hydrogen) atoms. The minimum absolute atomic E-state index is 0.0266. The second kappa shape index (κ2) is 5.59. The van der Waals surface area contributed by atoms with Gasteiger partial charge in [0, 0.05) is 19.5 Å². The first-order chi connectivity index (χ1) is 8.17. The Bertz CT molecular complexity index is 321. The monoisotopic (exact) mass is 257 g/mol. The van der Waals surface area contributed by atoms with E-state index < -0.39 is 11.6 Å². The van der Waals surface area contributed by atoms with E-state index in [9.17, 15) is 9.59 Å². The lowest BCUT2D eigenvalue weighted by Gasteiger charge is -2.36.